The van der Waals surface area contributed by atoms with Crippen LogP contribution in [0, 0.1) is 6.92 Å². The highest BCUT2D eigenvalue weighted by Crippen LogP contribution is 1.96. The van der Waals surface area contributed by atoms with Gasteiger partial charge in [-0.2, -0.15) is 0 Å². The van der Waals surface area contributed by atoms with Gasteiger partial charge in [0.2, 0.25) is 0 Å². The highest BCUT2D eigenvalue weighted by Gasteiger charge is 1.95. The number of imidazole rings is 1. The average Bonchev–Trinajstić information content (AvgIpc) is 2.58. The number of aliphatic hydroxyl groups excluding tert-OH is 1. The maximum absolute atomic E-state index is 8.57. The number of nitrogens with one attached hydrogen (secondary N) is 2. The number of hydrogen-bond acceptors (Lipinski definition) is 3. The van der Waals surface area contributed by atoms with Crippen LogP contribution in [0.5, 0.6) is 0 Å². The van der Waals surface area contributed by atoms with E-state index >= 15 is 0 Å². The number of nitrogens with zero attached hydrogens (tertiary/aromatic N) is 1. The van der Waals surface area contributed by atoms with E-state index in [4.69, 9.17) is 5.11 Å². The summed E-state index contributed by atoms with van der Waals surface area (Å²) in [6.45, 7) is 4.10. The molecule has 4 heteroatoms. The Labute approximate surface area is 84.8 Å². The molecular weight excluding hydrogens is 178 g/mol. The molecule has 0 aliphatic heterocycles. The van der Waals surface area contributed by atoms with E-state index in [0.717, 1.165) is 43.9 Å². The van der Waals surface area contributed by atoms with Crippen molar-refractivity contribution < 1.29 is 5.11 Å². The van der Waals surface area contributed by atoms with Gasteiger partial charge in [0.05, 0.1) is 0 Å². The van der Waals surface area contributed by atoms with Gasteiger partial charge < -0.3 is 15.4 Å². The van der Waals surface area contributed by atoms with Gasteiger partial charge in [-0.15, -0.1) is 0 Å². The molecule has 0 aromatic carbocycles. The zero-order valence-corrected chi connectivity index (χ0v) is 8.71. The summed E-state index contributed by atoms with van der Waals surface area (Å²) >= 11 is 0. The Balaban J connectivity index is 1.99. The van der Waals surface area contributed by atoms with Gasteiger partial charge in [-0.3, -0.25) is 0 Å². The number of aromatic amines is 1. The number of aromatic nitrogens is 2. The van der Waals surface area contributed by atoms with Crippen LogP contribution in [-0.2, 0) is 6.54 Å². The second-order valence-corrected chi connectivity index (χ2v) is 3.45. The Morgan fingerprint density at radius 3 is 2.93 bits per heavy atom. The van der Waals surface area contributed by atoms with Gasteiger partial charge in [0.1, 0.15) is 5.82 Å². The van der Waals surface area contributed by atoms with Crippen molar-refractivity contribution in [3.05, 3.63) is 17.7 Å². The molecule has 0 amide bonds. The van der Waals surface area contributed by atoms with Crippen LogP contribution < -0.4 is 5.32 Å². The molecule has 0 radical (unpaired) electrons. The highest BCUT2D eigenvalue weighted by molar-refractivity contribution is 4.98. The third-order valence-electron chi connectivity index (χ3n) is 2.08. The Hall–Kier alpha value is -0.870. The lowest BCUT2D eigenvalue weighted by Gasteiger charge is -2.01. The molecule has 0 saturated carbocycles. The van der Waals surface area contributed by atoms with Crippen LogP contribution in [0.1, 0.15) is 30.8 Å². The number of hydrogen-bond donors (Lipinski definition) is 3. The van der Waals surface area contributed by atoms with Crippen molar-refractivity contribution in [2.24, 2.45) is 0 Å². The Morgan fingerprint density at radius 1 is 1.43 bits per heavy atom. The third kappa shape index (κ3) is 4.39. The summed E-state index contributed by atoms with van der Waals surface area (Å²) < 4.78 is 0. The molecule has 80 valence electrons. The first-order chi connectivity index (χ1) is 6.83. The van der Waals surface area contributed by atoms with Gasteiger partial charge in [0, 0.05) is 25.0 Å². The fourth-order valence-electron chi connectivity index (χ4n) is 1.32. The average molecular weight is 197 g/mol. The van der Waals surface area contributed by atoms with Crippen molar-refractivity contribution in [1.82, 2.24) is 15.3 Å². The smallest absolute Gasteiger partial charge is 0.103 e. The summed E-state index contributed by atoms with van der Waals surface area (Å²) in [5.41, 5.74) is 1.13. The van der Waals surface area contributed by atoms with E-state index < -0.39 is 0 Å². The Kier molecular flexibility index (Phi) is 5.25. The predicted octanol–water partition coefficient (Wildman–Crippen LogP) is 0.970. The number of unbranched alkanes of at least 4 members (excludes halogenated alkanes) is 2. The fraction of sp³-hybridized carbons (Fsp3) is 0.700. The molecule has 1 rings (SSSR count). The van der Waals surface area contributed by atoms with Crippen LogP contribution in [0.3, 0.4) is 0 Å². The van der Waals surface area contributed by atoms with E-state index in [0.29, 0.717) is 6.61 Å². The molecule has 1 heterocycles. The van der Waals surface area contributed by atoms with Gasteiger partial charge >= 0.3 is 0 Å². The summed E-state index contributed by atoms with van der Waals surface area (Å²) in [4.78, 5) is 7.28. The first-order valence-corrected chi connectivity index (χ1v) is 5.15. The summed E-state index contributed by atoms with van der Waals surface area (Å²) in [6.07, 6.45) is 4.97. The predicted molar refractivity (Wildman–Crippen MR) is 56.0 cm³/mol. The summed E-state index contributed by atoms with van der Waals surface area (Å²) in [5.74, 6) is 0.960. The normalized spacial score (nSPS) is 10.7. The largest absolute Gasteiger partial charge is 0.396 e. The second-order valence-electron chi connectivity index (χ2n) is 3.45. The lowest BCUT2D eigenvalue weighted by atomic mass is 10.2. The quantitative estimate of drug-likeness (QED) is 0.571. The molecule has 0 aliphatic rings. The molecule has 14 heavy (non-hydrogen) atoms. The first-order valence-electron chi connectivity index (χ1n) is 5.15. The Morgan fingerprint density at radius 2 is 2.29 bits per heavy atom. The molecule has 0 saturated heterocycles. The maximum atomic E-state index is 8.57. The minimum atomic E-state index is 0.305. The van der Waals surface area contributed by atoms with Crippen molar-refractivity contribution in [2.75, 3.05) is 13.2 Å². The molecule has 0 unspecified atom stereocenters. The molecule has 0 fully saturated rings. The standard InChI is InChI=1S/C10H19N3O/c1-9-12-8-10(13-9)7-11-5-3-2-4-6-14/h8,11,14H,2-7H2,1H3,(H,12,13). The van der Waals surface area contributed by atoms with Gasteiger partial charge in [0.25, 0.3) is 0 Å². The summed E-state index contributed by atoms with van der Waals surface area (Å²) in [6, 6.07) is 0. The minimum absolute atomic E-state index is 0.305. The van der Waals surface area contributed by atoms with Crippen molar-refractivity contribution in [3.8, 4) is 0 Å². The van der Waals surface area contributed by atoms with Crippen LogP contribution >= 0.6 is 0 Å². The zero-order valence-electron chi connectivity index (χ0n) is 8.71. The van der Waals surface area contributed by atoms with Crippen LogP contribution in [0.4, 0.5) is 0 Å². The van der Waals surface area contributed by atoms with Crippen molar-refractivity contribution >= 4 is 0 Å². The number of rotatable bonds is 7. The molecule has 1 aromatic rings. The molecule has 0 spiro atoms. The Bertz CT molecular complexity index is 247. The highest BCUT2D eigenvalue weighted by atomic mass is 16.2. The minimum Gasteiger partial charge on any atom is -0.396 e. The molecule has 0 bridgehead atoms. The van der Waals surface area contributed by atoms with Crippen LogP contribution in [0.25, 0.3) is 0 Å². The zero-order chi connectivity index (χ0) is 10.2. The van der Waals surface area contributed by atoms with Crippen LogP contribution in [0.15, 0.2) is 6.20 Å². The number of aryl methyl sites for hydroxylation is 1. The second kappa shape index (κ2) is 6.56. The molecule has 4 nitrogen and oxygen atoms in total. The van der Waals surface area contributed by atoms with E-state index in [2.05, 4.69) is 15.3 Å². The van der Waals surface area contributed by atoms with Crippen molar-refractivity contribution in [3.63, 3.8) is 0 Å². The first kappa shape index (κ1) is 11.2. The van der Waals surface area contributed by atoms with E-state index in [-0.39, 0.29) is 0 Å². The monoisotopic (exact) mass is 197 g/mol. The molecule has 3 N–H and O–H groups in total. The molecule has 0 atom stereocenters. The van der Waals surface area contributed by atoms with E-state index in [9.17, 15) is 0 Å². The van der Waals surface area contributed by atoms with Gasteiger partial charge in [-0.1, -0.05) is 0 Å². The SMILES string of the molecule is Cc1ncc(CNCCCCCO)[nH]1. The third-order valence-corrected chi connectivity index (χ3v) is 2.08. The number of H-pyrrole nitrogens is 1. The fourth-order valence-corrected chi connectivity index (χ4v) is 1.32. The van der Waals surface area contributed by atoms with Crippen LogP contribution in [-0.4, -0.2) is 28.2 Å². The van der Waals surface area contributed by atoms with Crippen molar-refractivity contribution in [2.45, 2.75) is 32.7 Å². The topological polar surface area (TPSA) is 60.9 Å². The molecule has 0 aliphatic carbocycles. The van der Waals surface area contributed by atoms with E-state index in [1.54, 1.807) is 0 Å². The number of aliphatic hydroxyl groups is 1. The molecular formula is C10H19N3O. The van der Waals surface area contributed by atoms with E-state index in [1.807, 2.05) is 13.1 Å². The lowest BCUT2D eigenvalue weighted by molar-refractivity contribution is 0.283. The lowest BCUT2D eigenvalue weighted by Crippen LogP contribution is -2.14. The molecule has 1 aromatic heterocycles. The maximum Gasteiger partial charge on any atom is 0.103 e. The van der Waals surface area contributed by atoms with Gasteiger partial charge in [-0.25, -0.2) is 4.98 Å². The van der Waals surface area contributed by atoms with E-state index in [1.165, 1.54) is 0 Å². The van der Waals surface area contributed by atoms with Crippen molar-refractivity contribution in [1.29, 1.82) is 0 Å². The summed E-state index contributed by atoms with van der Waals surface area (Å²) in [7, 11) is 0. The van der Waals surface area contributed by atoms with Gasteiger partial charge in [-0.05, 0) is 32.7 Å². The van der Waals surface area contributed by atoms with Gasteiger partial charge in [0.15, 0.2) is 0 Å². The summed E-state index contributed by atoms with van der Waals surface area (Å²) in [5, 5.41) is 11.9. The van der Waals surface area contributed by atoms with Crippen LogP contribution in [0.2, 0.25) is 0 Å².